The van der Waals surface area contributed by atoms with Crippen molar-refractivity contribution >= 4 is 15.9 Å². The van der Waals surface area contributed by atoms with E-state index in [9.17, 15) is 13.2 Å². The maximum Gasteiger partial charge on any atom is 0.258 e. The molecule has 6 nitrogen and oxygen atoms in total. The fourth-order valence-corrected chi connectivity index (χ4v) is 1.83. The molecule has 0 saturated heterocycles. The fraction of sp³-hybridized carbons (Fsp3) is 0.100. The summed E-state index contributed by atoms with van der Waals surface area (Å²) in [5.74, 6) is -0.0961. The Morgan fingerprint density at radius 1 is 1.35 bits per heavy atom. The van der Waals surface area contributed by atoms with E-state index in [1.54, 1.807) is 0 Å². The molecule has 0 unspecified atom stereocenters. The smallest absolute Gasteiger partial charge is 0.258 e. The average molecular weight is 256 g/mol. The number of amides is 1. The van der Waals surface area contributed by atoms with Crippen LogP contribution in [0.2, 0.25) is 0 Å². The third-order valence-corrected chi connectivity index (χ3v) is 3.13. The number of methoxy groups -OCH3 is 1. The molecule has 0 aliphatic heterocycles. The van der Waals surface area contributed by atoms with E-state index < -0.39 is 15.9 Å². The summed E-state index contributed by atoms with van der Waals surface area (Å²) >= 11 is 0. The quantitative estimate of drug-likeness (QED) is 0.582. The molecule has 0 aliphatic carbocycles. The lowest BCUT2D eigenvalue weighted by molar-refractivity contribution is -0.116. The van der Waals surface area contributed by atoms with Crippen LogP contribution in [-0.4, -0.2) is 21.4 Å². The molecule has 7 heteroatoms. The van der Waals surface area contributed by atoms with E-state index in [0.29, 0.717) is 5.75 Å². The summed E-state index contributed by atoms with van der Waals surface area (Å²) in [7, 11) is -2.30. The van der Waals surface area contributed by atoms with Crippen molar-refractivity contribution in [2.45, 2.75) is 4.90 Å². The molecule has 0 bridgehead atoms. The number of rotatable bonds is 5. The van der Waals surface area contributed by atoms with Crippen LogP contribution in [0.4, 0.5) is 0 Å². The minimum Gasteiger partial charge on any atom is -0.497 e. The summed E-state index contributed by atoms with van der Waals surface area (Å²) in [5.41, 5.74) is 1.97. The lowest BCUT2D eigenvalue weighted by Gasteiger charge is -2.07. The van der Waals surface area contributed by atoms with Crippen molar-refractivity contribution in [3.05, 3.63) is 36.9 Å². The summed E-state index contributed by atoms with van der Waals surface area (Å²) in [5, 5.41) is 0. The normalized spacial score (nSPS) is 10.6. The van der Waals surface area contributed by atoms with Crippen LogP contribution in [0.15, 0.2) is 41.8 Å². The molecule has 0 atom stereocenters. The van der Waals surface area contributed by atoms with E-state index in [1.807, 2.05) is 10.3 Å². The molecule has 17 heavy (non-hydrogen) atoms. The van der Waals surface area contributed by atoms with E-state index in [0.717, 1.165) is 6.08 Å². The molecule has 92 valence electrons. The Kier molecular flexibility index (Phi) is 4.24. The Balaban J connectivity index is 2.82. The van der Waals surface area contributed by atoms with Crippen LogP contribution in [0.3, 0.4) is 0 Å². The third kappa shape index (κ3) is 3.58. The van der Waals surface area contributed by atoms with Crippen molar-refractivity contribution in [2.75, 3.05) is 7.11 Å². The molecule has 0 aromatic heterocycles. The molecule has 2 N–H and O–H groups in total. The Hall–Kier alpha value is -1.86. The van der Waals surface area contributed by atoms with Gasteiger partial charge in [-0.25, -0.2) is 8.42 Å². The van der Waals surface area contributed by atoms with Crippen molar-refractivity contribution in [1.29, 1.82) is 0 Å². The molecule has 1 aromatic carbocycles. The maximum atomic E-state index is 11.7. The summed E-state index contributed by atoms with van der Waals surface area (Å²) in [6.07, 6.45) is 0.955. The van der Waals surface area contributed by atoms with E-state index >= 15 is 0 Å². The van der Waals surface area contributed by atoms with Crippen molar-refractivity contribution in [3.63, 3.8) is 0 Å². The minimum absolute atomic E-state index is 0.0164. The van der Waals surface area contributed by atoms with Crippen LogP contribution in [0.5, 0.6) is 5.75 Å². The van der Waals surface area contributed by atoms with Crippen LogP contribution in [0.1, 0.15) is 0 Å². The highest BCUT2D eigenvalue weighted by atomic mass is 32.2. The first-order valence-electron chi connectivity index (χ1n) is 4.58. The van der Waals surface area contributed by atoms with Gasteiger partial charge in [-0.2, -0.15) is 0 Å². The molecule has 0 fully saturated rings. The number of carbonyl (C=O) groups excluding carboxylic acids is 1. The van der Waals surface area contributed by atoms with Crippen molar-refractivity contribution in [3.8, 4) is 5.75 Å². The fourth-order valence-electron chi connectivity index (χ4n) is 0.982. The first-order chi connectivity index (χ1) is 7.99. The molecular formula is C10H12N2O4S. The number of ether oxygens (including phenoxy) is 1. The lowest BCUT2D eigenvalue weighted by Crippen LogP contribution is -2.40. The van der Waals surface area contributed by atoms with Crippen LogP contribution in [-0.2, 0) is 14.8 Å². The second kappa shape index (κ2) is 5.46. The highest BCUT2D eigenvalue weighted by Gasteiger charge is 2.13. The van der Waals surface area contributed by atoms with Crippen LogP contribution in [0.25, 0.3) is 0 Å². The number of hydrazine groups is 1. The van der Waals surface area contributed by atoms with Crippen LogP contribution in [0, 0.1) is 0 Å². The third-order valence-electron chi connectivity index (χ3n) is 1.86. The number of sulfonamides is 1. The number of nitrogens with one attached hydrogen (secondary N) is 2. The summed E-state index contributed by atoms with van der Waals surface area (Å²) in [6.45, 7) is 3.19. The molecule has 0 saturated carbocycles. The van der Waals surface area contributed by atoms with Crippen molar-refractivity contribution in [1.82, 2.24) is 10.3 Å². The average Bonchev–Trinajstić information content (AvgIpc) is 2.36. The Morgan fingerprint density at radius 3 is 2.41 bits per heavy atom. The molecule has 0 aliphatic rings. The van der Waals surface area contributed by atoms with Gasteiger partial charge < -0.3 is 4.74 Å². The van der Waals surface area contributed by atoms with Crippen LogP contribution >= 0.6 is 0 Å². The van der Waals surface area contributed by atoms with Gasteiger partial charge in [-0.3, -0.25) is 10.2 Å². The van der Waals surface area contributed by atoms with E-state index in [1.165, 1.54) is 31.4 Å². The second-order valence-corrected chi connectivity index (χ2v) is 4.66. The Bertz CT molecular complexity index is 508. The van der Waals surface area contributed by atoms with Gasteiger partial charge in [-0.15, -0.1) is 4.83 Å². The Labute approximate surface area is 99.3 Å². The van der Waals surface area contributed by atoms with Gasteiger partial charge in [-0.05, 0) is 30.3 Å². The monoisotopic (exact) mass is 256 g/mol. The minimum atomic E-state index is -3.78. The zero-order valence-electron chi connectivity index (χ0n) is 9.14. The van der Waals surface area contributed by atoms with Crippen molar-refractivity contribution in [2.24, 2.45) is 0 Å². The zero-order chi connectivity index (χ0) is 12.9. The SMILES string of the molecule is C=CC(=O)NNS(=O)(=O)c1ccc(OC)cc1. The lowest BCUT2D eigenvalue weighted by atomic mass is 10.3. The molecule has 1 rings (SSSR count). The highest BCUT2D eigenvalue weighted by Crippen LogP contribution is 2.14. The van der Waals surface area contributed by atoms with Gasteiger partial charge >= 0.3 is 0 Å². The summed E-state index contributed by atoms with van der Waals surface area (Å²) < 4.78 is 28.2. The molecular weight excluding hydrogens is 244 g/mol. The topological polar surface area (TPSA) is 84.5 Å². The summed E-state index contributed by atoms with van der Waals surface area (Å²) in [4.78, 5) is 12.8. The maximum absolute atomic E-state index is 11.7. The van der Waals surface area contributed by atoms with Gasteiger partial charge in [-0.1, -0.05) is 6.58 Å². The highest BCUT2D eigenvalue weighted by molar-refractivity contribution is 7.89. The number of carbonyl (C=O) groups is 1. The van der Waals surface area contributed by atoms with Gasteiger partial charge in [0.25, 0.3) is 15.9 Å². The second-order valence-electron chi connectivity index (χ2n) is 2.97. The first-order valence-corrected chi connectivity index (χ1v) is 6.06. The molecule has 1 amide bonds. The number of hydrogen-bond acceptors (Lipinski definition) is 4. The van der Waals surface area contributed by atoms with E-state index in [2.05, 4.69) is 6.58 Å². The molecule has 0 radical (unpaired) electrons. The standard InChI is InChI=1S/C10H12N2O4S/c1-3-10(13)11-12-17(14,15)9-6-4-8(16-2)5-7-9/h3-7,12H,1H2,2H3,(H,11,13). The predicted molar refractivity (Wildman–Crippen MR) is 61.7 cm³/mol. The molecule has 1 aromatic rings. The number of benzene rings is 1. The molecule has 0 heterocycles. The van der Waals surface area contributed by atoms with Crippen LogP contribution < -0.4 is 15.0 Å². The zero-order valence-corrected chi connectivity index (χ0v) is 9.95. The van der Waals surface area contributed by atoms with E-state index in [4.69, 9.17) is 4.74 Å². The first kappa shape index (κ1) is 13.2. The van der Waals surface area contributed by atoms with Gasteiger partial charge in [0, 0.05) is 0 Å². The molecule has 0 spiro atoms. The van der Waals surface area contributed by atoms with Gasteiger partial charge in [0.05, 0.1) is 12.0 Å². The van der Waals surface area contributed by atoms with Gasteiger partial charge in [0.2, 0.25) is 0 Å². The van der Waals surface area contributed by atoms with E-state index in [-0.39, 0.29) is 4.90 Å². The van der Waals surface area contributed by atoms with Crippen molar-refractivity contribution < 1.29 is 17.9 Å². The Morgan fingerprint density at radius 2 is 1.94 bits per heavy atom. The summed E-state index contributed by atoms with van der Waals surface area (Å²) in [6, 6.07) is 5.73. The van der Waals surface area contributed by atoms with Gasteiger partial charge in [0.15, 0.2) is 0 Å². The predicted octanol–water partition coefficient (Wildman–Crippen LogP) is 0.191. The van der Waals surface area contributed by atoms with Gasteiger partial charge in [0.1, 0.15) is 5.75 Å². The number of hydrogen-bond donors (Lipinski definition) is 2. The largest absolute Gasteiger partial charge is 0.497 e.